The fraction of sp³-hybridized carbons (Fsp3) is 0.909. The maximum atomic E-state index is 11.8. The Labute approximate surface area is 105 Å². The third-order valence-electron chi connectivity index (χ3n) is 2.57. The molecule has 0 aromatic heterocycles. The molecule has 0 radical (unpaired) electrons. The van der Waals surface area contributed by atoms with Crippen molar-refractivity contribution >= 4 is 5.91 Å². The number of halogens is 3. The van der Waals surface area contributed by atoms with E-state index in [0.717, 1.165) is 0 Å². The van der Waals surface area contributed by atoms with Crippen LogP contribution in [0.3, 0.4) is 0 Å². The molecule has 2 N–H and O–H groups in total. The Kier molecular flexibility index (Phi) is 7.23. The van der Waals surface area contributed by atoms with Crippen molar-refractivity contribution in [3.05, 3.63) is 0 Å². The summed E-state index contributed by atoms with van der Waals surface area (Å²) in [6.45, 7) is 2.39. The second kappa shape index (κ2) is 7.58. The van der Waals surface area contributed by atoms with E-state index in [1.165, 1.54) is 11.9 Å². The number of alkyl halides is 3. The SMILES string of the molecule is CC(C)C(N)CCN(C)C(=O)COCC(F)(F)F. The molecule has 0 fully saturated rings. The molecule has 0 aliphatic heterocycles. The van der Waals surface area contributed by atoms with Crippen LogP contribution in [0.5, 0.6) is 0 Å². The predicted molar refractivity (Wildman–Crippen MR) is 61.9 cm³/mol. The van der Waals surface area contributed by atoms with Crippen molar-refractivity contribution in [1.29, 1.82) is 0 Å². The first-order chi connectivity index (χ1) is 8.13. The van der Waals surface area contributed by atoms with Gasteiger partial charge in [-0.2, -0.15) is 13.2 Å². The van der Waals surface area contributed by atoms with E-state index in [2.05, 4.69) is 4.74 Å². The van der Waals surface area contributed by atoms with Crippen LogP contribution in [0, 0.1) is 5.92 Å². The minimum Gasteiger partial charge on any atom is -0.362 e. The molecular formula is C11H21F3N2O2. The molecule has 0 saturated heterocycles. The number of rotatable bonds is 7. The molecule has 0 heterocycles. The molecule has 0 aliphatic carbocycles. The summed E-state index contributed by atoms with van der Waals surface area (Å²) >= 11 is 0. The molecule has 0 bridgehead atoms. The smallest absolute Gasteiger partial charge is 0.362 e. The zero-order chi connectivity index (χ0) is 14.3. The molecule has 1 unspecified atom stereocenters. The molecule has 0 aliphatic rings. The lowest BCUT2D eigenvalue weighted by Crippen LogP contribution is -2.36. The molecule has 108 valence electrons. The first-order valence-electron chi connectivity index (χ1n) is 5.77. The zero-order valence-electron chi connectivity index (χ0n) is 11.0. The zero-order valence-corrected chi connectivity index (χ0v) is 11.0. The fourth-order valence-corrected chi connectivity index (χ4v) is 1.17. The van der Waals surface area contributed by atoms with Gasteiger partial charge in [-0.1, -0.05) is 13.8 Å². The number of likely N-dealkylation sites (N-methyl/N-ethyl adjacent to an activating group) is 1. The Morgan fingerprint density at radius 1 is 1.39 bits per heavy atom. The Morgan fingerprint density at radius 3 is 2.39 bits per heavy atom. The van der Waals surface area contributed by atoms with Crippen molar-refractivity contribution in [1.82, 2.24) is 4.90 Å². The van der Waals surface area contributed by atoms with E-state index in [9.17, 15) is 18.0 Å². The van der Waals surface area contributed by atoms with E-state index in [4.69, 9.17) is 5.73 Å². The molecular weight excluding hydrogens is 249 g/mol. The molecule has 0 spiro atoms. The topological polar surface area (TPSA) is 55.6 Å². The van der Waals surface area contributed by atoms with Crippen LogP contribution in [-0.2, 0) is 9.53 Å². The van der Waals surface area contributed by atoms with Gasteiger partial charge < -0.3 is 15.4 Å². The summed E-state index contributed by atoms with van der Waals surface area (Å²) in [5.74, 6) is -0.176. The highest BCUT2D eigenvalue weighted by Crippen LogP contribution is 2.14. The standard InChI is InChI=1S/C11H21F3N2O2/c1-8(2)9(15)4-5-16(3)10(17)6-18-7-11(12,13)14/h8-9H,4-7,15H2,1-3H3. The van der Waals surface area contributed by atoms with Gasteiger partial charge in [-0.25, -0.2) is 0 Å². The van der Waals surface area contributed by atoms with E-state index in [0.29, 0.717) is 18.9 Å². The molecule has 1 atom stereocenters. The largest absolute Gasteiger partial charge is 0.411 e. The van der Waals surface area contributed by atoms with Gasteiger partial charge >= 0.3 is 6.18 Å². The maximum Gasteiger partial charge on any atom is 0.411 e. The number of nitrogens with zero attached hydrogens (tertiary/aromatic N) is 1. The minimum atomic E-state index is -4.40. The summed E-state index contributed by atoms with van der Waals surface area (Å²) in [7, 11) is 1.52. The van der Waals surface area contributed by atoms with E-state index < -0.39 is 25.3 Å². The van der Waals surface area contributed by atoms with Crippen molar-refractivity contribution in [3.8, 4) is 0 Å². The van der Waals surface area contributed by atoms with Gasteiger partial charge in [0.15, 0.2) is 0 Å². The summed E-state index contributed by atoms with van der Waals surface area (Å²) in [5.41, 5.74) is 5.80. The number of carbonyl (C=O) groups is 1. The van der Waals surface area contributed by atoms with Gasteiger partial charge in [-0.05, 0) is 12.3 Å². The lowest BCUT2D eigenvalue weighted by Gasteiger charge is -2.21. The fourth-order valence-electron chi connectivity index (χ4n) is 1.17. The van der Waals surface area contributed by atoms with Gasteiger partial charge in [0.2, 0.25) is 5.91 Å². The Bertz CT molecular complexity index is 257. The lowest BCUT2D eigenvalue weighted by atomic mass is 10.0. The highest BCUT2D eigenvalue weighted by atomic mass is 19.4. The van der Waals surface area contributed by atoms with Crippen molar-refractivity contribution in [2.24, 2.45) is 11.7 Å². The number of hydrogen-bond donors (Lipinski definition) is 1. The molecule has 1 amide bonds. The monoisotopic (exact) mass is 270 g/mol. The average molecular weight is 270 g/mol. The van der Waals surface area contributed by atoms with Gasteiger partial charge in [-0.15, -0.1) is 0 Å². The number of ether oxygens (including phenoxy) is 1. The molecule has 0 saturated carbocycles. The first kappa shape index (κ1) is 17.2. The highest BCUT2D eigenvalue weighted by molar-refractivity contribution is 5.77. The normalized spacial score (nSPS) is 13.8. The van der Waals surface area contributed by atoms with Crippen LogP contribution < -0.4 is 5.73 Å². The summed E-state index contributed by atoms with van der Waals surface area (Å²) in [5, 5.41) is 0. The van der Waals surface area contributed by atoms with Crippen molar-refractivity contribution < 1.29 is 22.7 Å². The minimum absolute atomic E-state index is 0.0312. The lowest BCUT2D eigenvalue weighted by molar-refractivity contribution is -0.177. The molecule has 0 aromatic rings. The second-order valence-corrected chi connectivity index (χ2v) is 4.62. The molecule has 4 nitrogen and oxygen atoms in total. The number of nitrogens with two attached hydrogens (primary N) is 1. The number of amides is 1. The maximum absolute atomic E-state index is 11.8. The van der Waals surface area contributed by atoms with E-state index in [1.54, 1.807) is 0 Å². The Hall–Kier alpha value is -0.820. The number of hydrogen-bond acceptors (Lipinski definition) is 3. The van der Waals surface area contributed by atoms with Crippen LogP contribution in [-0.4, -0.2) is 49.8 Å². The van der Waals surface area contributed by atoms with Crippen LogP contribution in [0.25, 0.3) is 0 Å². The summed E-state index contributed by atoms with van der Waals surface area (Å²) < 4.78 is 39.6. The van der Waals surface area contributed by atoms with Crippen LogP contribution in [0.1, 0.15) is 20.3 Å². The quantitative estimate of drug-likeness (QED) is 0.760. The third-order valence-corrected chi connectivity index (χ3v) is 2.57. The molecule has 18 heavy (non-hydrogen) atoms. The van der Waals surface area contributed by atoms with Crippen molar-refractivity contribution in [2.75, 3.05) is 26.8 Å². The van der Waals surface area contributed by atoms with E-state index in [-0.39, 0.29) is 6.04 Å². The number of carbonyl (C=O) groups excluding carboxylic acids is 1. The van der Waals surface area contributed by atoms with Gasteiger partial charge in [0.05, 0.1) is 0 Å². The van der Waals surface area contributed by atoms with Gasteiger partial charge in [0.1, 0.15) is 13.2 Å². The van der Waals surface area contributed by atoms with Crippen molar-refractivity contribution in [2.45, 2.75) is 32.5 Å². The van der Waals surface area contributed by atoms with Crippen LogP contribution in [0.2, 0.25) is 0 Å². The average Bonchev–Trinajstić information content (AvgIpc) is 2.23. The Balaban J connectivity index is 3.83. The van der Waals surface area contributed by atoms with Gasteiger partial charge in [0, 0.05) is 19.6 Å². The molecule has 7 heteroatoms. The first-order valence-corrected chi connectivity index (χ1v) is 5.77. The Morgan fingerprint density at radius 2 is 1.94 bits per heavy atom. The third kappa shape index (κ3) is 8.30. The van der Waals surface area contributed by atoms with Crippen molar-refractivity contribution in [3.63, 3.8) is 0 Å². The van der Waals surface area contributed by atoms with E-state index in [1.807, 2.05) is 13.8 Å². The molecule has 0 rings (SSSR count). The summed E-state index contributed by atoms with van der Waals surface area (Å²) in [6.07, 6.45) is -3.79. The summed E-state index contributed by atoms with van der Waals surface area (Å²) in [6, 6.07) is -0.0312. The van der Waals surface area contributed by atoms with Crippen LogP contribution in [0.4, 0.5) is 13.2 Å². The van der Waals surface area contributed by atoms with Crippen LogP contribution in [0.15, 0.2) is 0 Å². The van der Waals surface area contributed by atoms with Gasteiger partial charge in [-0.3, -0.25) is 4.79 Å². The predicted octanol–water partition coefficient (Wildman–Crippen LogP) is 1.40. The van der Waals surface area contributed by atoms with Crippen LogP contribution >= 0.6 is 0 Å². The molecule has 0 aromatic carbocycles. The van der Waals surface area contributed by atoms with E-state index >= 15 is 0 Å². The second-order valence-electron chi connectivity index (χ2n) is 4.62. The van der Waals surface area contributed by atoms with Gasteiger partial charge in [0.25, 0.3) is 0 Å². The highest BCUT2D eigenvalue weighted by Gasteiger charge is 2.28. The summed E-state index contributed by atoms with van der Waals surface area (Å²) in [4.78, 5) is 12.7.